The molecule has 0 fully saturated rings. The summed E-state index contributed by atoms with van der Waals surface area (Å²) in [7, 11) is 1.56. The Balaban J connectivity index is 2.37. The number of halogens is 1. The van der Waals surface area contributed by atoms with E-state index >= 15 is 0 Å². The number of pyridine rings is 1. The Bertz CT molecular complexity index is 453. The second kappa shape index (κ2) is 4.09. The minimum absolute atomic E-state index is 0.279. The molecule has 75 valence electrons. The lowest BCUT2D eigenvalue weighted by atomic mass is 10.1. The quantitative estimate of drug-likeness (QED) is 0.747. The molecular weight excluding hydrogens is 193 g/mol. The topological polar surface area (TPSA) is 22.1 Å². The van der Waals surface area contributed by atoms with Gasteiger partial charge in [0.05, 0.1) is 19.0 Å². The van der Waals surface area contributed by atoms with E-state index in [0.717, 1.165) is 0 Å². The highest BCUT2D eigenvalue weighted by molar-refractivity contribution is 5.58. The summed E-state index contributed by atoms with van der Waals surface area (Å²) in [5.74, 6) is 0.355. The Morgan fingerprint density at radius 1 is 1.40 bits per heavy atom. The van der Waals surface area contributed by atoms with Crippen molar-refractivity contribution in [2.75, 3.05) is 7.11 Å². The number of ether oxygens (including phenoxy) is 1. The van der Waals surface area contributed by atoms with Gasteiger partial charge >= 0.3 is 0 Å². The molecule has 0 N–H and O–H groups in total. The SMILES string of the molecule is COc1c[c]c(-c2cccc(F)c2)nc1. The van der Waals surface area contributed by atoms with Crippen LogP contribution in [0.4, 0.5) is 4.39 Å². The van der Waals surface area contributed by atoms with Crippen LogP contribution in [0.3, 0.4) is 0 Å². The van der Waals surface area contributed by atoms with Crippen LogP contribution < -0.4 is 4.74 Å². The van der Waals surface area contributed by atoms with Gasteiger partial charge < -0.3 is 4.74 Å². The van der Waals surface area contributed by atoms with Gasteiger partial charge in [-0.15, -0.1) is 0 Å². The molecule has 0 spiro atoms. The average molecular weight is 202 g/mol. The molecular formula is C12H9FNO. The van der Waals surface area contributed by atoms with E-state index in [9.17, 15) is 4.39 Å². The molecule has 1 heterocycles. The molecule has 0 aliphatic rings. The first-order valence-electron chi connectivity index (χ1n) is 4.47. The van der Waals surface area contributed by atoms with Gasteiger partial charge in [0, 0.05) is 11.6 Å². The zero-order chi connectivity index (χ0) is 10.7. The summed E-state index contributed by atoms with van der Waals surface area (Å²) in [4.78, 5) is 4.11. The maximum atomic E-state index is 12.9. The van der Waals surface area contributed by atoms with E-state index in [-0.39, 0.29) is 5.82 Å². The largest absolute Gasteiger partial charge is 0.495 e. The van der Waals surface area contributed by atoms with E-state index in [0.29, 0.717) is 17.0 Å². The summed E-state index contributed by atoms with van der Waals surface area (Å²) >= 11 is 0. The van der Waals surface area contributed by atoms with Crippen molar-refractivity contribution in [1.82, 2.24) is 4.98 Å². The summed E-state index contributed by atoms with van der Waals surface area (Å²) in [5, 5.41) is 0. The fourth-order valence-corrected chi connectivity index (χ4v) is 1.25. The number of hydrogen-bond acceptors (Lipinski definition) is 2. The molecule has 0 saturated carbocycles. The number of aromatic nitrogens is 1. The van der Waals surface area contributed by atoms with Crippen LogP contribution in [0.1, 0.15) is 0 Å². The first kappa shape index (κ1) is 9.65. The first-order valence-corrected chi connectivity index (χ1v) is 4.47. The molecule has 1 aromatic heterocycles. The zero-order valence-electron chi connectivity index (χ0n) is 8.20. The highest BCUT2D eigenvalue weighted by atomic mass is 19.1. The van der Waals surface area contributed by atoms with Crippen LogP contribution in [-0.4, -0.2) is 12.1 Å². The molecule has 1 aromatic carbocycles. The minimum atomic E-state index is -0.279. The van der Waals surface area contributed by atoms with E-state index < -0.39 is 0 Å². The molecule has 15 heavy (non-hydrogen) atoms. The third kappa shape index (κ3) is 2.13. The van der Waals surface area contributed by atoms with Gasteiger partial charge in [-0.25, -0.2) is 4.39 Å². The van der Waals surface area contributed by atoms with Crippen molar-refractivity contribution >= 4 is 0 Å². The Morgan fingerprint density at radius 3 is 2.87 bits per heavy atom. The molecule has 0 saturated heterocycles. The molecule has 0 atom stereocenters. The molecule has 0 bridgehead atoms. The number of hydrogen-bond donors (Lipinski definition) is 0. The molecule has 0 aliphatic heterocycles. The van der Waals surface area contributed by atoms with Crippen molar-refractivity contribution in [2.45, 2.75) is 0 Å². The van der Waals surface area contributed by atoms with E-state index in [1.165, 1.54) is 12.1 Å². The van der Waals surface area contributed by atoms with Crippen LogP contribution in [0.2, 0.25) is 0 Å². The van der Waals surface area contributed by atoms with Crippen LogP contribution in [0.15, 0.2) is 36.5 Å². The van der Waals surface area contributed by atoms with Crippen molar-refractivity contribution in [1.29, 1.82) is 0 Å². The molecule has 2 rings (SSSR count). The van der Waals surface area contributed by atoms with Crippen LogP contribution in [0.25, 0.3) is 11.3 Å². The van der Waals surface area contributed by atoms with Gasteiger partial charge in [-0.1, -0.05) is 12.1 Å². The number of benzene rings is 1. The fourth-order valence-electron chi connectivity index (χ4n) is 1.25. The highest BCUT2D eigenvalue weighted by Gasteiger charge is 2.01. The Hall–Kier alpha value is -1.90. The van der Waals surface area contributed by atoms with E-state index in [1.54, 1.807) is 31.5 Å². The Morgan fingerprint density at radius 2 is 2.27 bits per heavy atom. The molecule has 2 aromatic rings. The fraction of sp³-hybridized carbons (Fsp3) is 0.0833. The molecule has 2 nitrogen and oxygen atoms in total. The maximum absolute atomic E-state index is 12.9. The summed E-state index contributed by atoms with van der Waals surface area (Å²) in [6.45, 7) is 0. The molecule has 3 heteroatoms. The zero-order valence-corrected chi connectivity index (χ0v) is 8.20. The van der Waals surface area contributed by atoms with Gasteiger partial charge in [0.15, 0.2) is 0 Å². The maximum Gasteiger partial charge on any atom is 0.137 e. The van der Waals surface area contributed by atoms with Gasteiger partial charge in [-0.2, -0.15) is 0 Å². The minimum Gasteiger partial charge on any atom is -0.495 e. The Labute approximate surface area is 87.4 Å². The lowest BCUT2D eigenvalue weighted by Gasteiger charge is -2.02. The van der Waals surface area contributed by atoms with Crippen molar-refractivity contribution in [3.63, 3.8) is 0 Å². The van der Waals surface area contributed by atoms with Crippen LogP contribution in [0.5, 0.6) is 5.75 Å². The van der Waals surface area contributed by atoms with E-state index in [2.05, 4.69) is 11.1 Å². The lowest BCUT2D eigenvalue weighted by Crippen LogP contribution is -1.87. The van der Waals surface area contributed by atoms with Crippen LogP contribution >= 0.6 is 0 Å². The average Bonchev–Trinajstić information content (AvgIpc) is 2.29. The molecule has 0 aliphatic carbocycles. The van der Waals surface area contributed by atoms with Gasteiger partial charge in [0.1, 0.15) is 11.6 Å². The summed E-state index contributed by atoms with van der Waals surface area (Å²) < 4.78 is 17.9. The second-order valence-corrected chi connectivity index (χ2v) is 3.01. The first-order chi connectivity index (χ1) is 7.29. The predicted molar refractivity (Wildman–Crippen MR) is 55.0 cm³/mol. The van der Waals surface area contributed by atoms with Gasteiger partial charge in [0.2, 0.25) is 0 Å². The van der Waals surface area contributed by atoms with Crippen LogP contribution in [-0.2, 0) is 0 Å². The molecule has 1 radical (unpaired) electrons. The predicted octanol–water partition coefficient (Wildman–Crippen LogP) is 2.70. The third-order valence-corrected chi connectivity index (χ3v) is 2.01. The summed E-state index contributed by atoms with van der Waals surface area (Å²) in [5.41, 5.74) is 1.31. The van der Waals surface area contributed by atoms with Crippen molar-refractivity contribution in [2.24, 2.45) is 0 Å². The van der Waals surface area contributed by atoms with Crippen molar-refractivity contribution in [3.05, 3.63) is 48.4 Å². The second-order valence-electron chi connectivity index (χ2n) is 3.01. The van der Waals surface area contributed by atoms with Gasteiger partial charge in [-0.3, -0.25) is 4.98 Å². The third-order valence-electron chi connectivity index (χ3n) is 2.01. The van der Waals surface area contributed by atoms with Crippen molar-refractivity contribution < 1.29 is 9.13 Å². The number of methoxy groups -OCH3 is 1. The molecule has 0 amide bonds. The standard InChI is InChI=1S/C12H9FNO/c1-15-11-5-6-12(14-8-11)9-3-2-4-10(13)7-9/h2-5,7-8H,1H3. The smallest absolute Gasteiger partial charge is 0.137 e. The number of nitrogens with zero attached hydrogens (tertiary/aromatic N) is 1. The Kier molecular flexibility index (Phi) is 2.63. The monoisotopic (exact) mass is 202 g/mol. The van der Waals surface area contributed by atoms with Gasteiger partial charge in [0.25, 0.3) is 0 Å². The summed E-state index contributed by atoms with van der Waals surface area (Å²) in [6, 6.07) is 10.8. The number of rotatable bonds is 2. The van der Waals surface area contributed by atoms with Crippen LogP contribution in [0, 0.1) is 11.9 Å². The molecule has 0 unspecified atom stereocenters. The van der Waals surface area contributed by atoms with Gasteiger partial charge in [-0.05, 0) is 18.2 Å². The van der Waals surface area contributed by atoms with E-state index in [1.807, 2.05) is 0 Å². The van der Waals surface area contributed by atoms with Crippen molar-refractivity contribution in [3.8, 4) is 17.0 Å². The summed E-state index contributed by atoms with van der Waals surface area (Å²) in [6.07, 6.45) is 1.58. The lowest BCUT2D eigenvalue weighted by molar-refractivity contribution is 0.413. The van der Waals surface area contributed by atoms with E-state index in [4.69, 9.17) is 4.74 Å². The normalized spacial score (nSPS) is 10.0. The highest BCUT2D eigenvalue weighted by Crippen LogP contribution is 2.19.